The first-order valence-electron chi connectivity index (χ1n) is 6.88. The molecule has 0 aliphatic rings. The maximum Gasteiger partial charge on any atom is 0.159 e. The average molecular weight is 258 g/mol. The highest BCUT2D eigenvalue weighted by molar-refractivity contribution is 5.91. The summed E-state index contributed by atoms with van der Waals surface area (Å²) in [7, 11) is 0. The van der Waals surface area contributed by atoms with Gasteiger partial charge in [0.1, 0.15) is 0 Å². The Kier molecular flexibility index (Phi) is 4.68. The van der Waals surface area contributed by atoms with E-state index in [0.29, 0.717) is 12.5 Å². The van der Waals surface area contributed by atoms with E-state index in [1.54, 1.807) is 0 Å². The number of aromatic nitrogens is 2. The molecule has 1 aromatic carbocycles. The van der Waals surface area contributed by atoms with Crippen LogP contribution in [-0.4, -0.2) is 29.8 Å². The molecular formula is C15H22N4. The highest BCUT2D eigenvalue weighted by Crippen LogP contribution is 2.23. The van der Waals surface area contributed by atoms with E-state index in [0.717, 1.165) is 36.1 Å². The fourth-order valence-electron chi connectivity index (χ4n) is 2.25. The van der Waals surface area contributed by atoms with Crippen LogP contribution in [0.4, 0.5) is 5.82 Å². The zero-order valence-corrected chi connectivity index (χ0v) is 11.7. The first-order valence-corrected chi connectivity index (χ1v) is 6.88. The minimum Gasteiger partial charge on any atom is -0.354 e. The lowest BCUT2D eigenvalue weighted by Gasteiger charge is -2.26. The fourth-order valence-corrected chi connectivity index (χ4v) is 2.25. The molecule has 0 bridgehead atoms. The number of fused-ring (bicyclic) bond motifs is 1. The lowest BCUT2D eigenvalue weighted by molar-refractivity contribution is 0.595. The smallest absolute Gasteiger partial charge is 0.159 e. The summed E-state index contributed by atoms with van der Waals surface area (Å²) in [6.07, 6.45) is 2.78. The Labute approximate surface area is 114 Å². The average Bonchev–Trinajstić information content (AvgIpc) is 2.42. The van der Waals surface area contributed by atoms with Gasteiger partial charge in [0, 0.05) is 23.9 Å². The number of nitrogens with zero attached hydrogens (tertiary/aromatic N) is 3. The van der Waals surface area contributed by atoms with Crippen LogP contribution >= 0.6 is 0 Å². The molecule has 0 radical (unpaired) electrons. The maximum absolute atomic E-state index is 5.64. The minimum atomic E-state index is 0.582. The van der Waals surface area contributed by atoms with Gasteiger partial charge in [0.05, 0.1) is 6.20 Å². The summed E-state index contributed by atoms with van der Waals surface area (Å²) in [5.74, 6) is 1.55. The molecule has 102 valence electrons. The van der Waals surface area contributed by atoms with Crippen molar-refractivity contribution in [1.82, 2.24) is 10.2 Å². The van der Waals surface area contributed by atoms with Gasteiger partial charge in [-0.25, -0.2) is 0 Å². The van der Waals surface area contributed by atoms with Crippen molar-refractivity contribution in [2.75, 3.05) is 24.5 Å². The molecule has 0 aliphatic heterocycles. The molecule has 0 fully saturated rings. The van der Waals surface area contributed by atoms with Crippen LogP contribution in [0.25, 0.3) is 10.8 Å². The molecule has 0 atom stereocenters. The van der Waals surface area contributed by atoms with Crippen molar-refractivity contribution in [3.63, 3.8) is 0 Å². The van der Waals surface area contributed by atoms with Gasteiger partial charge >= 0.3 is 0 Å². The molecule has 0 saturated carbocycles. The number of rotatable bonds is 6. The van der Waals surface area contributed by atoms with Gasteiger partial charge in [-0.2, -0.15) is 5.10 Å². The van der Waals surface area contributed by atoms with Crippen molar-refractivity contribution < 1.29 is 0 Å². The molecule has 1 heterocycles. The Balaban J connectivity index is 2.37. The van der Waals surface area contributed by atoms with Gasteiger partial charge in [0.25, 0.3) is 0 Å². The minimum absolute atomic E-state index is 0.582. The van der Waals surface area contributed by atoms with Crippen LogP contribution in [0.5, 0.6) is 0 Å². The van der Waals surface area contributed by atoms with Crippen LogP contribution in [-0.2, 0) is 0 Å². The molecule has 4 nitrogen and oxygen atoms in total. The normalized spacial score (nSPS) is 11.2. The second kappa shape index (κ2) is 6.48. The Bertz CT molecular complexity index is 519. The molecule has 1 aromatic heterocycles. The monoisotopic (exact) mass is 258 g/mol. The topological polar surface area (TPSA) is 55.0 Å². The summed E-state index contributed by atoms with van der Waals surface area (Å²) in [6.45, 7) is 7.04. The van der Waals surface area contributed by atoms with Crippen molar-refractivity contribution in [3.05, 3.63) is 30.5 Å². The Hall–Kier alpha value is -1.68. The lowest BCUT2D eigenvalue weighted by atomic mass is 10.1. The first-order chi connectivity index (χ1) is 9.22. The van der Waals surface area contributed by atoms with Gasteiger partial charge in [0.15, 0.2) is 5.82 Å². The molecule has 2 N–H and O–H groups in total. The van der Waals surface area contributed by atoms with Crippen LogP contribution in [0, 0.1) is 5.92 Å². The first kappa shape index (κ1) is 13.7. The van der Waals surface area contributed by atoms with Gasteiger partial charge in [0.2, 0.25) is 0 Å². The largest absolute Gasteiger partial charge is 0.354 e. The standard InChI is InChI=1S/C15H22N4/c1-12(2)11-19(9-5-8-16)15-14-7-4-3-6-13(14)10-17-18-15/h3-4,6-7,10,12H,5,8-9,11,16H2,1-2H3. The maximum atomic E-state index is 5.64. The number of hydrogen-bond acceptors (Lipinski definition) is 4. The van der Waals surface area contributed by atoms with Crippen molar-refractivity contribution >= 4 is 16.6 Å². The van der Waals surface area contributed by atoms with Crippen molar-refractivity contribution in [2.45, 2.75) is 20.3 Å². The summed E-state index contributed by atoms with van der Waals surface area (Å²) in [5.41, 5.74) is 5.64. The molecule has 2 aromatic rings. The highest BCUT2D eigenvalue weighted by atomic mass is 15.3. The molecule has 0 unspecified atom stereocenters. The van der Waals surface area contributed by atoms with Gasteiger partial charge in [-0.1, -0.05) is 38.1 Å². The number of hydrogen-bond donors (Lipinski definition) is 1. The second-order valence-corrected chi connectivity index (χ2v) is 5.24. The zero-order valence-electron chi connectivity index (χ0n) is 11.7. The molecule has 0 saturated heterocycles. The summed E-state index contributed by atoms with van der Waals surface area (Å²) >= 11 is 0. The predicted octanol–water partition coefficient (Wildman–Crippen LogP) is 2.44. The fraction of sp³-hybridized carbons (Fsp3) is 0.467. The molecule has 0 spiro atoms. The van der Waals surface area contributed by atoms with Crippen LogP contribution in [0.3, 0.4) is 0 Å². The summed E-state index contributed by atoms with van der Waals surface area (Å²) in [6, 6.07) is 8.25. The van der Waals surface area contributed by atoms with E-state index >= 15 is 0 Å². The Morgan fingerprint density at radius 3 is 2.79 bits per heavy atom. The molecule has 0 aliphatic carbocycles. The number of anilines is 1. The SMILES string of the molecule is CC(C)CN(CCCN)c1nncc2ccccc12. The van der Waals surface area contributed by atoms with E-state index in [2.05, 4.69) is 41.1 Å². The van der Waals surface area contributed by atoms with E-state index < -0.39 is 0 Å². The molecule has 2 rings (SSSR count). The van der Waals surface area contributed by atoms with Crippen molar-refractivity contribution in [3.8, 4) is 0 Å². The molecule has 4 heteroatoms. The number of benzene rings is 1. The Morgan fingerprint density at radius 1 is 1.26 bits per heavy atom. The van der Waals surface area contributed by atoms with Gasteiger partial charge in [-0.05, 0) is 18.9 Å². The third kappa shape index (κ3) is 3.41. The zero-order chi connectivity index (χ0) is 13.7. The molecule has 19 heavy (non-hydrogen) atoms. The number of nitrogens with two attached hydrogens (primary N) is 1. The van der Waals surface area contributed by atoms with E-state index in [-0.39, 0.29) is 0 Å². The van der Waals surface area contributed by atoms with Crippen LogP contribution < -0.4 is 10.6 Å². The lowest BCUT2D eigenvalue weighted by Crippen LogP contribution is -2.31. The third-order valence-electron chi connectivity index (χ3n) is 3.07. The Morgan fingerprint density at radius 2 is 2.05 bits per heavy atom. The van der Waals surface area contributed by atoms with E-state index in [1.165, 1.54) is 0 Å². The molecular weight excluding hydrogens is 236 g/mol. The van der Waals surface area contributed by atoms with E-state index in [9.17, 15) is 0 Å². The van der Waals surface area contributed by atoms with Gasteiger partial charge in [-0.15, -0.1) is 5.10 Å². The van der Waals surface area contributed by atoms with Crippen molar-refractivity contribution in [1.29, 1.82) is 0 Å². The summed E-state index contributed by atoms with van der Waals surface area (Å²) in [5, 5.41) is 10.8. The van der Waals surface area contributed by atoms with Gasteiger partial charge < -0.3 is 10.6 Å². The van der Waals surface area contributed by atoms with Crippen LogP contribution in [0.2, 0.25) is 0 Å². The van der Waals surface area contributed by atoms with Crippen molar-refractivity contribution in [2.24, 2.45) is 11.7 Å². The van der Waals surface area contributed by atoms with E-state index in [1.807, 2.05) is 18.3 Å². The van der Waals surface area contributed by atoms with Crippen LogP contribution in [0.15, 0.2) is 30.5 Å². The second-order valence-electron chi connectivity index (χ2n) is 5.24. The molecule has 0 amide bonds. The van der Waals surface area contributed by atoms with Crippen LogP contribution in [0.1, 0.15) is 20.3 Å². The van der Waals surface area contributed by atoms with Gasteiger partial charge in [-0.3, -0.25) is 0 Å². The predicted molar refractivity (Wildman–Crippen MR) is 80.3 cm³/mol. The third-order valence-corrected chi connectivity index (χ3v) is 3.07. The quantitative estimate of drug-likeness (QED) is 0.864. The summed E-state index contributed by atoms with van der Waals surface area (Å²) in [4.78, 5) is 2.30. The summed E-state index contributed by atoms with van der Waals surface area (Å²) < 4.78 is 0. The highest BCUT2D eigenvalue weighted by Gasteiger charge is 2.13. The van der Waals surface area contributed by atoms with E-state index in [4.69, 9.17) is 5.73 Å².